The van der Waals surface area contributed by atoms with Gasteiger partial charge in [0.05, 0.1) is 6.61 Å². The Bertz CT molecular complexity index is 213. The van der Waals surface area contributed by atoms with Crippen LogP contribution in [-0.4, -0.2) is 36.5 Å². The maximum Gasteiger partial charge on any atom is 0.325 e. The molecule has 0 bridgehead atoms. The lowest BCUT2D eigenvalue weighted by Gasteiger charge is -2.18. The Morgan fingerprint density at radius 2 is 2.07 bits per heavy atom. The Balaban J connectivity index is 4.07. The zero-order valence-corrected chi connectivity index (χ0v) is 8.78. The van der Waals surface area contributed by atoms with Gasteiger partial charge in [-0.2, -0.15) is 0 Å². The Morgan fingerprint density at radius 3 is 2.50 bits per heavy atom. The molecule has 4 nitrogen and oxygen atoms in total. The van der Waals surface area contributed by atoms with Gasteiger partial charge in [0.15, 0.2) is 0 Å². The Hall–Kier alpha value is -1.32. The Labute approximate surface area is 84.5 Å². The van der Waals surface area contributed by atoms with Crippen LogP contribution in [0.5, 0.6) is 0 Å². The Kier molecular flexibility index (Phi) is 6.45. The lowest BCUT2D eigenvalue weighted by molar-refractivity contribution is -0.148. The van der Waals surface area contributed by atoms with Crippen LogP contribution in [-0.2, 0) is 14.3 Å². The molecule has 0 aromatic heterocycles. The average Bonchev–Trinajstić information content (AvgIpc) is 2.15. The van der Waals surface area contributed by atoms with E-state index in [2.05, 4.69) is 6.58 Å². The van der Waals surface area contributed by atoms with Crippen LogP contribution in [0, 0.1) is 0 Å². The summed E-state index contributed by atoms with van der Waals surface area (Å²) in [5.41, 5.74) is 0. The maximum absolute atomic E-state index is 11.4. The minimum absolute atomic E-state index is 0.0248. The molecule has 0 aromatic rings. The number of rotatable bonds is 6. The van der Waals surface area contributed by atoms with E-state index in [1.807, 2.05) is 6.92 Å². The van der Waals surface area contributed by atoms with E-state index in [0.29, 0.717) is 13.2 Å². The highest BCUT2D eigenvalue weighted by Crippen LogP contribution is 1.95. The molecule has 0 saturated carbocycles. The SMILES string of the molecule is C=CCC(=O)N(CC)CC(=O)OCC. The number of carbonyl (C=O) groups excluding carboxylic acids is 2. The molecular formula is C10H17NO3. The average molecular weight is 199 g/mol. The van der Waals surface area contributed by atoms with E-state index in [1.54, 1.807) is 6.92 Å². The number of carbonyl (C=O) groups is 2. The molecule has 0 aliphatic heterocycles. The lowest BCUT2D eigenvalue weighted by atomic mass is 10.3. The van der Waals surface area contributed by atoms with Crippen LogP contribution in [0.4, 0.5) is 0 Å². The van der Waals surface area contributed by atoms with Crippen molar-refractivity contribution in [2.75, 3.05) is 19.7 Å². The predicted molar refractivity (Wildman–Crippen MR) is 53.7 cm³/mol. The van der Waals surface area contributed by atoms with Crippen molar-refractivity contribution in [1.29, 1.82) is 0 Å². The van der Waals surface area contributed by atoms with Gasteiger partial charge < -0.3 is 9.64 Å². The smallest absolute Gasteiger partial charge is 0.325 e. The molecule has 0 radical (unpaired) electrons. The van der Waals surface area contributed by atoms with E-state index < -0.39 is 0 Å². The number of hydrogen-bond acceptors (Lipinski definition) is 3. The summed E-state index contributed by atoms with van der Waals surface area (Å²) >= 11 is 0. The van der Waals surface area contributed by atoms with Crippen LogP contribution >= 0.6 is 0 Å². The maximum atomic E-state index is 11.4. The zero-order chi connectivity index (χ0) is 11.0. The zero-order valence-electron chi connectivity index (χ0n) is 8.78. The first-order valence-electron chi connectivity index (χ1n) is 4.69. The minimum Gasteiger partial charge on any atom is -0.465 e. The quantitative estimate of drug-likeness (QED) is 0.473. The minimum atomic E-state index is -0.369. The largest absolute Gasteiger partial charge is 0.465 e. The van der Waals surface area contributed by atoms with Gasteiger partial charge in [0.25, 0.3) is 0 Å². The molecular weight excluding hydrogens is 182 g/mol. The van der Waals surface area contributed by atoms with Crippen molar-refractivity contribution >= 4 is 11.9 Å². The number of esters is 1. The number of ether oxygens (including phenoxy) is 1. The molecule has 14 heavy (non-hydrogen) atoms. The van der Waals surface area contributed by atoms with Crippen LogP contribution in [0.1, 0.15) is 20.3 Å². The fourth-order valence-corrected chi connectivity index (χ4v) is 0.991. The second-order valence-electron chi connectivity index (χ2n) is 2.71. The van der Waals surface area contributed by atoms with E-state index in [-0.39, 0.29) is 24.8 Å². The van der Waals surface area contributed by atoms with Crippen LogP contribution < -0.4 is 0 Å². The van der Waals surface area contributed by atoms with Gasteiger partial charge in [-0.05, 0) is 13.8 Å². The first kappa shape index (κ1) is 12.7. The number of likely N-dealkylation sites (N-methyl/N-ethyl adjacent to an activating group) is 1. The molecule has 0 fully saturated rings. The first-order valence-corrected chi connectivity index (χ1v) is 4.69. The van der Waals surface area contributed by atoms with Crippen molar-refractivity contribution in [2.24, 2.45) is 0 Å². The molecule has 0 N–H and O–H groups in total. The fraction of sp³-hybridized carbons (Fsp3) is 0.600. The van der Waals surface area contributed by atoms with Crippen molar-refractivity contribution in [1.82, 2.24) is 4.90 Å². The standard InChI is InChI=1S/C10H17NO3/c1-4-7-9(12)11(5-2)8-10(13)14-6-3/h4H,1,5-8H2,2-3H3. The number of amides is 1. The van der Waals surface area contributed by atoms with Crippen molar-refractivity contribution < 1.29 is 14.3 Å². The molecule has 0 saturated heterocycles. The molecule has 0 spiro atoms. The van der Waals surface area contributed by atoms with Crippen molar-refractivity contribution in [3.63, 3.8) is 0 Å². The van der Waals surface area contributed by atoms with E-state index >= 15 is 0 Å². The molecule has 0 atom stereocenters. The summed E-state index contributed by atoms with van der Waals surface area (Å²) in [5.74, 6) is -0.470. The summed E-state index contributed by atoms with van der Waals surface area (Å²) in [5, 5.41) is 0. The molecule has 1 amide bonds. The molecule has 4 heteroatoms. The fourth-order valence-electron chi connectivity index (χ4n) is 0.991. The highest BCUT2D eigenvalue weighted by molar-refractivity contribution is 5.82. The van der Waals surface area contributed by atoms with Crippen LogP contribution in [0.15, 0.2) is 12.7 Å². The van der Waals surface area contributed by atoms with E-state index in [4.69, 9.17) is 4.74 Å². The van der Waals surface area contributed by atoms with E-state index in [9.17, 15) is 9.59 Å². The highest BCUT2D eigenvalue weighted by atomic mass is 16.5. The van der Waals surface area contributed by atoms with Gasteiger partial charge in [0, 0.05) is 13.0 Å². The van der Waals surface area contributed by atoms with Gasteiger partial charge in [-0.3, -0.25) is 9.59 Å². The molecule has 0 aromatic carbocycles. The molecule has 0 heterocycles. The molecule has 0 rings (SSSR count). The van der Waals surface area contributed by atoms with Gasteiger partial charge in [-0.1, -0.05) is 6.08 Å². The van der Waals surface area contributed by atoms with Gasteiger partial charge in [-0.25, -0.2) is 0 Å². The molecule has 80 valence electrons. The molecule has 0 aliphatic rings. The second kappa shape index (κ2) is 7.12. The third kappa shape index (κ3) is 4.64. The summed E-state index contributed by atoms with van der Waals surface area (Å²) in [7, 11) is 0. The summed E-state index contributed by atoms with van der Waals surface area (Å²) in [4.78, 5) is 23.9. The van der Waals surface area contributed by atoms with Crippen molar-refractivity contribution in [2.45, 2.75) is 20.3 Å². The van der Waals surface area contributed by atoms with Gasteiger partial charge in [0.2, 0.25) is 5.91 Å². The summed E-state index contributed by atoms with van der Waals surface area (Å²) in [6.07, 6.45) is 1.78. The van der Waals surface area contributed by atoms with Crippen LogP contribution in [0.25, 0.3) is 0 Å². The van der Waals surface area contributed by atoms with Gasteiger partial charge in [0.1, 0.15) is 6.54 Å². The monoisotopic (exact) mass is 199 g/mol. The number of hydrogen-bond donors (Lipinski definition) is 0. The predicted octanol–water partition coefficient (Wildman–Crippen LogP) is 0.974. The lowest BCUT2D eigenvalue weighted by Crippen LogP contribution is -2.35. The van der Waals surface area contributed by atoms with Crippen LogP contribution in [0.2, 0.25) is 0 Å². The van der Waals surface area contributed by atoms with Crippen molar-refractivity contribution in [3.05, 3.63) is 12.7 Å². The van der Waals surface area contributed by atoms with Crippen LogP contribution in [0.3, 0.4) is 0 Å². The molecule has 0 aliphatic carbocycles. The van der Waals surface area contributed by atoms with Gasteiger partial charge in [-0.15, -0.1) is 6.58 Å². The van der Waals surface area contributed by atoms with Crippen molar-refractivity contribution in [3.8, 4) is 0 Å². The number of nitrogens with zero attached hydrogens (tertiary/aromatic N) is 1. The molecule has 0 unspecified atom stereocenters. The summed E-state index contributed by atoms with van der Waals surface area (Å²) in [6, 6.07) is 0. The highest BCUT2D eigenvalue weighted by Gasteiger charge is 2.14. The summed E-state index contributed by atoms with van der Waals surface area (Å²) < 4.78 is 4.74. The van der Waals surface area contributed by atoms with E-state index in [0.717, 1.165) is 0 Å². The third-order valence-electron chi connectivity index (χ3n) is 1.68. The normalized spacial score (nSPS) is 9.29. The topological polar surface area (TPSA) is 46.6 Å². The Morgan fingerprint density at radius 1 is 1.43 bits per heavy atom. The van der Waals surface area contributed by atoms with Gasteiger partial charge >= 0.3 is 5.97 Å². The third-order valence-corrected chi connectivity index (χ3v) is 1.68. The van der Waals surface area contributed by atoms with E-state index in [1.165, 1.54) is 11.0 Å². The first-order chi connectivity index (χ1) is 6.65. The summed E-state index contributed by atoms with van der Waals surface area (Å²) in [6.45, 7) is 7.89. The second-order valence-corrected chi connectivity index (χ2v) is 2.71.